The highest BCUT2D eigenvalue weighted by atomic mass is 32.1. The van der Waals surface area contributed by atoms with Gasteiger partial charge >= 0.3 is 5.97 Å². The number of esters is 1. The number of pyridine rings is 1. The fourth-order valence-corrected chi connectivity index (χ4v) is 5.31. The lowest BCUT2D eigenvalue weighted by Gasteiger charge is -2.29. The lowest BCUT2D eigenvalue weighted by molar-refractivity contribution is -0.119. The number of nitrogens with one attached hydrogen (secondary N) is 2. The maximum atomic E-state index is 12.4. The summed E-state index contributed by atoms with van der Waals surface area (Å²) in [6.45, 7) is -0.0976. The van der Waals surface area contributed by atoms with Gasteiger partial charge in [0.2, 0.25) is 5.91 Å². The lowest BCUT2D eigenvalue weighted by atomic mass is 10.0. The number of nitrogens with zero attached hydrogens (tertiary/aromatic N) is 3. The van der Waals surface area contributed by atoms with E-state index in [1.54, 1.807) is 24.4 Å². The van der Waals surface area contributed by atoms with Crippen LogP contribution in [0.3, 0.4) is 0 Å². The first-order valence-electron chi connectivity index (χ1n) is 12.8. The fourth-order valence-electron chi connectivity index (χ4n) is 4.97. The average Bonchev–Trinajstić information content (AvgIpc) is 3.61. The lowest BCUT2D eigenvalue weighted by Crippen LogP contribution is -2.30. The third-order valence-corrected chi connectivity index (χ3v) is 7.05. The van der Waals surface area contributed by atoms with Gasteiger partial charge in [-0.05, 0) is 72.9 Å². The first kappa shape index (κ1) is 27.8. The Kier molecular flexibility index (Phi) is 8.27. The SMILES string of the molecule is COCC(=O)Nc1cc(N2C(=S)N[C@@H](c3ccccn3)[C@@H]2c2cccn2-c2cccc(C(=O)OC)c2)ccc1OC. The topological polar surface area (TPSA) is 107 Å². The molecular formula is C30H29N5O5S. The predicted octanol–water partition coefficient (Wildman–Crippen LogP) is 4.43. The minimum atomic E-state index is -0.418. The van der Waals surface area contributed by atoms with E-state index in [1.165, 1.54) is 21.3 Å². The average molecular weight is 572 g/mol. The Hall–Kier alpha value is -4.74. The third-order valence-electron chi connectivity index (χ3n) is 6.74. The van der Waals surface area contributed by atoms with Crippen LogP contribution < -0.4 is 20.3 Å². The molecule has 11 heteroatoms. The number of hydrogen-bond acceptors (Lipinski definition) is 7. The van der Waals surface area contributed by atoms with Crippen molar-refractivity contribution in [1.82, 2.24) is 14.9 Å². The van der Waals surface area contributed by atoms with Gasteiger partial charge in [0.25, 0.3) is 0 Å². The minimum absolute atomic E-state index is 0.0976. The summed E-state index contributed by atoms with van der Waals surface area (Å²) in [7, 11) is 4.36. The van der Waals surface area contributed by atoms with Gasteiger partial charge in [-0.2, -0.15) is 0 Å². The Bertz CT molecular complexity index is 1570. The number of methoxy groups -OCH3 is 3. The number of rotatable bonds is 9. The van der Waals surface area contributed by atoms with E-state index in [9.17, 15) is 9.59 Å². The molecule has 41 heavy (non-hydrogen) atoms. The number of amides is 1. The van der Waals surface area contributed by atoms with Crippen molar-refractivity contribution in [2.75, 3.05) is 38.2 Å². The van der Waals surface area contributed by atoms with Crippen LogP contribution in [0.15, 0.2) is 85.2 Å². The van der Waals surface area contributed by atoms with Gasteiger partial charge in [-0.3, -0.25) is 9.78 Å². The molecule has 2 atom stereocenters. The number of anilines is 2. The molecule has 4 aromatic rings. The van der Waals surface area contributed by atoms with Gasteiger partial charge in [0.15, 0.2) is 5.11 Å². The van der Waals surface area contributed by atoms with E-state index in [2.05, 4.69) is 15.6 Å². The van der Waals surface area contributed by atoms with E-state index in [0.29, 0.717) is 22.1 Å². The molecule has 0 saturated carbocycles. The summed E-state index contributed by atoms with van der Waals surface area (Å²) < 4.78 is 17.4. The Morgan fingerprint density at radius 1 is 1.00 bits per heavy atom. The molecule has 2 aromatic heterocycles. The largest absolute Gasteiger partial charge is 0.495 e. The summed E-state index contributed by atoms with van der Waals surface area (Å²) in [5, 5.41) is 6.79. The van der Waals surface area contributed by atoms with Gasteiger partial charge in [-0.1, -0.05) is 12.1 Å². The standard InChI is InChI=1S/C30H29N5O5S/c1-38-18-26(36)32-23-17-21(12-13-25(23)39-2)35-28(27(33-30(35)41)22-10-4-5-14-31-22)24-11-7-15-34(24)20-9-6-8-19(16-20)29(37)40-3/h4-17,27-28H,18H2,1-3H3,(H,32,36)(H,33,41)/t27-,28-/m0/s1. The van der Waals surface area contributed by atoms with E-state index in [4.69, 9.17) is 26.4 Å². The summed E-state index contributed by atoms with van der Waals surface area (Å²) in [4.78, 5) is 31.3. The first-order valence-corrected chi connectivity index (χ1v) is 13.2. The van der Waals surface area contributed by atoms with Gasteiger partial charge in [-0.25, -0.2) is 4.79 Å². The van der Waals surface area contributed by atoms with Gasteiger partial charge in [-0.15, -0.1) is 0 Å². The molecule has 1 aliphatic rings. The second-order valence-electron chi connectivity index (χ2n) is 9.21. The summed E-state index contributed by atoms with van der Waals surface area (Å²) in [5.41, 5.74) is 4.14. The number of carbonyl (C=O) groups excluding carboxylic acids is 2. The number of aromatic nitrogens is 2. The Morgan fingerprint density at radius 3 is 2.59 bits per heavy atom. The number of hydrogen-bond donors (Lipinski definition) is 2. The molecule has 210 valence electrons. The Balaban J connectivity index is 1.63. The molecular weight excluding hydrogens is 542 g/mol. The third kappa shape index (κ3) is 5.63. The van der Waals surface area contributed by atoms with Crippen molar-refractivity contribution in [3.05, 3.63) is 102 Å². The minimum Gasteiger partial charge on any atom is -0.495 e. The van der Waals surface area contributed by atoms with Crippen molar-refractivity contribution < 1.29 is 23.8 Å². The van der Waals surface area contributed by atoms with Crippen LogP contribution in [0.5, 0.6) is 5.75 Å². The molecule has 10 nitrogen and oxygen atoms in total. The van der Waals surface area contributed by atoms with Crippen molar-refractivity contribution >= 4 is 40.6 Å². The first-order chi connectivity index (χ1) is 19.9. The molecule has 2 N–H and O–H groups in total. The number of carbonyl (C=O) groups is 2. The van der Waals surface area contributed by atoms with Crippen LogP contribution >= 0.6 is 12.2 Å². The van der Waals surface area contributed by atoms with Crippen molar-refractivity contribution in [1.29, 1.82) is 0 Å². The second kappa shape index (κ2) is 12.2. The van der Waals surface area contributed by atoms with Crippen LogP contribution in [0, 0.1) is 0 Å². The van der Waals surface area contributed by atoms with Crippen LogP contribution in [-0.2, 0) is 14.3 Å². The number of thiocarbonyl (C=S) groups is 1. The van der Waals surface area contributed by atoms with Crippen LogP contribution in [0.4, 0.5) is 11.4 Å². The Labute approximate surface area is 242 Å². The maximum absolute atomic E-state index is 12.4. The highest BCUT2D eigenvalue weighted by molar-refractivity contribution is 7.80. The quantitative estimate of drug-likeness (QED) is 0.223. The molecule has 0 radical (unpaired) electrons. The van der Waals surface area contributed by atoms with Gasteiger partial charge in [0.1, 0.15) is 18.4 Å². The van der Waals surface area contributed by atoms with E-state index in [-0.39, 0.29) is 24.6 Å². The van der Waals surface area contributed by atoms with Crippen LogP contribution in [-0.4, -0.2) is 54.5 Å². The van der Waals surface area contributed by atoms with Gasteiger partial charge < -0.3 is 34.3 Å². The summed E-state index contributed by atoms with van der Waals surface area (Å²) in [6, 6.07) is 21.8. The number of benzene rings is 2. The zero-order valence-electron chi connectivity index (χ0n) is 22.7. The van der Waals surface area contributed by atoms with Crippen LogP contribution in [0.25, 0.3) is 5.69 Å². The van der Waals surface area contributed by atoms with Crippen molar-refractivity contribution in [2.45, 2.75) is 12.1 Å². The van der Waals surface area contributed by atoms with E-state index in [1.807, 2.05) is 70.3 Å². The smallest absolute Gasteiger partial charge is 0.337 e. The van der Waals surface area contributed by atoms with Crippen LogP contribution in [0.2, 0.25) is 0 Å². The van der Waals surface area contributed by atoms with E-state index in [0.717, 1.165) is 22.8 Å². The zero-order chi connectivity index (χ0) is 28.9. The summed E-state index contributed by atoms with van der Waals surface area (Å²) >= 11 is 5.89. The summed E-state index contributed by atoms with van der Waals surface area (Å²) in [5.74, 6) is -0.233. The molecule has 0 spiro atoms. The highest BCUT2D eigenvalue weighted by Gasteiger charge is 2.42. The Morgan fingerprint density at radius 2 is 1.85 bits per heavy atom. The maximum Gasteiger partial charge on any atom is 0.337 e. The molecule has 1 amide bonds. The second-order valence-corrected chi connectivity index (χ2v) is 9.59. The molecule has 1 aliphatic heterocycles. The van der Waals surface area contributed by atoms with Crippen LogP contribution in [0.1, 0.15) is 33.8 Å². The van der Waals surface area contributed by atoms with Gasteiger partial charge in [0, 0.05) is 36.6 Å². The molecule has 0 unspecified atom stereocenters. The highest BCUT2D eigenvalue weighted by Crippen LogP contribution is 2.43. The molecule has 3 heterocycles. The van der Waals surface area contributed by atoms with Crippen molar-refractivity contribution in [3.63, 3.8) is 0 Å². The molecule has 0 bridgehead atoms. The predicted molar refractivity (Wildman–Crippen MR) is 159 cm³/mol. The number of ether oxygens (including phenoxy) is 3. The zero-order valence-corrected chi connectivity index (χ0v) is 23.6. The monoisotopic (exact) mass is 571 g/mol. The molecule has 1 saturated heterocycles. The molecule has 2 aromatic carbocycles. The van der Waals surface area contributed by atoms with Crippen molar-refractivity contribution in [3.8, 4) is 11.4 Å². The fraction of sp³-hybridized carbons (Fsp3) is 0.200. The molecule has 5 rings (SSSR count). The van der Waals surface area contributed by atoms with E-state index < -0.39 is 5.97 Å². The summed E-state index contributed by atoms with van der Waals surface area (Å²) in [6.07, 6.45) is 3.68. The van der Waals surface area contributed by atoms with Crippen molar-refractivity contribution in [2.24, 2.45) is 0 Å². The van der Waals surface area contributed by atoms with E-state index >= 15 is 0 Å². The van der Waals surface area contributed by atoms with Gasteiger partial charge in [0.05, 0.1) is 37.2 Å². The molecule has 0 aliphatic carbocycles. The molecule has 1 fully saturated rings. The normalized spacial score (nSPS) is 16.3.